The molecule has 0 saturated carbocycles. The Morgan fingerprint density at radius 3 is 2.85 bits per heavy atom. The first-order valence-electron chi connectivity index (χ1n) is 6.23. The Morgan fingerprint density at radius 1 is 1.45 bits per heavy atom. The molecule has 0 radical (unpaired) electrons. The first kappa shape index (κ1) is 16.7. The lowest BCUT2D eigenvalue weighted by molar-refractivity contribution is -0.120. The lowest BCUT2D eigenvalue weighted by Gasteiger charge is -2.12. The van der Waals surface area contributed by atoms with E-state index in [1.165, 1.54) is 12.1 Å². The molecule has 0 fully saturated rings. The van der Waals surface area contributed by atoms with Crippen molar-refractivity contribution >= 4 is 17.5 Å². The number of hydrogen-bond acceptors (Lipinski definition) is 3. The molecule has 1 aromatic rings. The minimum absolute atomic E-state index is 0.0600. The van der Waals surface area contributed by atoms with Crippen molar-refractivity contribution in [2.75, 3.05) is 13.1 Å². The van der Waals surface area contributed by atoms with Crippen LogP contribution in [0.15, 0.2) is 18.2 Å². The minimum Gasteiger partial charge on any atom is -0.434 e. The highest BCUT2D eigenvalue weighted by Crippen LogP contribution is 2.24. The predicted molar refractivity (Wildman–Crippen MR) is 73.1 cm³/mol. The van der Waals surface area contributed by atoms with Crippen molar-refractivity contribution in [3.8, 4) is 5.75 Å². The molecule has 0 heterocycles. The van der Waals surface area contributed by atoms with Crippen LogP contribution in [0.1, 0.15) is 18.9 Å². The van der Waals surface area contributed by atoms with Crippen molar-refractivity contribution in [1.29, 1.82) is 0 Å². The van der Waals surface area contributed by atoms with Crippen molar-refractivity contribution in [3.05, 3.63) is 28.8 Å². The summed E-state index contributed by atoms with van der Waals surface area (Å²) in [5, 5.41) is 6.09. The first-order chi connectivity index (χ1) is 9.52. The fraction of sp³-hybridized carbons (Fsp3) is 0.462. The summed E-state index contributed by atoms with van der Waals surface area (Å²) in [4.78, 5) is 11.2. The largest absolute Gasteiger partial charge is 0.434 e. The summed E-state index contributed by atoms with van der Waals surface area (Å²) < 4.78 is 28.9. The molecule has 20 heavy (non-hydrogen) atoms. The van der Waals surface area contributed by atoms with E-state index in [1.807, 2.05) is 6.92 Å². The fourth-order valence-corrected chi connectivity index (χ4v) is 1.80. The van der Waals surface area contributed by atoms with Crippen LogP contribution in [0.2, 0.25) is 5.02 Å². The summed E-state index contributed by atoms with van der Waals surface area (Å²) in [5.41, 5.74) is 0.522. The number of nitrogens with one attached hydrogen (secondary N) is 2. The highest BCUT2D eigenvalue weighted by molar-refractivity contribution is 6.30. The maximum atomic E-state index is 12.3. The maximum absolute atomic E-state index is 12.3. The SMILES string of the molecule is CCNC(=O)CCNCc1cc(Cl)ccc1OC(F)F. The Hall–Kier alpha value is -1.40. The van der Waals surface area contributed by atoms with Gasteiger partial charge in [-0.25, -0.2) is 0 Å². The van der Waals surface area contributed by atoms with Crippen molar-refractivity contribution in [2.24, 2.45) is 0 Å². The van der Waals surface area contributed by atoms with Gasteiger partial charge in [-0.3, -0.25) is 4.79 Å². The first-order valence-corrected chi connectivity index (χ1v) is 6.61. The second-order valence-electron chi connectivity index (χ2n) is 4.01. The van der Waals surface area contributed by atoms with Gasteiger partial charge < -0.3 is 15.4 Å². The van der Waals surface area contributed by atoms with Crippen LogP contribution in [0.3, 0.4) is 0 Å². The summed E-state index contributed by atoms with van der Waals surface area (Å²) in [6.45, 7) is 0.268. The zero-order valence-corrected chi connectivity index (χ0v) is 11.8. The summed E-state index contributed by atoms with van der Waals surface area (Å²) in [7, 11) is 0. The van der Waals surface area contributed by atoms with E-state index in [0.717, 1.165) is 0 Å². The molecular weight excluding hydrogens is 290 g/mol. The van der Waals surface area contributed by atoms with E-state index in [9.17, 15) is 13.6 Å². The number of halogens is 3. The molecule has 0 aromatic heterocycles. The number of hydrogen-bond donors (Lipinski definition) is 2. The van der Waals surface area contributed by atoms with Gasteiger partial charge in [-0.1, -0.05) is 11.6 Å². The Labute approximate surface area is 121 Å². The van der Waals surface area contributed by atoms with E-state index in [1.54, 1.807) is 6.07 Å². The number of amides is 1. The van der Waals surface area contributed by atoms with Crippen molar-refractivity contribution in [3.63, 3.8) is 0 Å². The van der Waals surface area contributed by atoms with Gasteiger partial charge in [0.25, 0.3) is 0 Å². The van der Waals surface area contributed by atoms with Gasteiger partial charge >= 0.3 is 6.61 Å². The van der Waals surface area contributed by atoms with E-state index in [2.05, 4.69) is 15.4 Å². The molecule has 0 aliphatic heterocycles. The van der Waals surface area contributed by atoms with Crippen LogP contribution < -0.4 is 15.4 Å². The van der Waals surface area contributed by atoms with Gasteiger partial charge in [-0.15, -0.1) is 0 Å². The molecule has 0 aliphatic carbocycles. The number of carbonyl (C=O) groups is 1. The van der Waals surface area contributed by atoms with E-state index in [-0.39, 0.29) is 11.7 Å². The van der Waals surface area contributed by atoms with E-state index in [0.29, 0.717) is 36.6 Å². The van der Waals surface area contributed by atoms with Crippen LogP contribution in [-0.4, -0.2) is 25.6 Å². The van der Waals surface area contributed by atoms with Gasteiger partial charge in [0.05, 0.1) is 0 Å². The zero-order chi connectivity index (χ0) is 15.0. The number of benzene rings is 1. The molecule has 1 aromatic carbocycles. The fourth-order valence-electron chi connectivity index (χ4n) is 1.61. The highest BCUT2D eigenvalue weighted by atomic mass is 35.5. The van der Waals surface area contributed by atoms with Gasteiger partial charge in [0.15, 0.2) is 0 Å². The van der Waals surface area contributed by atoms with Gasteiger partial charge in [-0.2, -0.15) is 8.78 Å². The highest BCUT2D eigenvalue weighted by Gasteiger charge is 2.10. The molecule has 4 nitrogen and oxygen atoms in total. The van der Waals surface area contributed by atoms with Gasteiger partial charge in [0, 0.05) is 36.6 Å². The number of rotatable bonds is 8. The molecule has 2 N–H and O–H groups in total. The molecular formula is C13H17ClF2N2O2. The van der Waals surface area contributed by atoms with Gasteiger partial charge in [0.2, 0.25) is 5.91 Å². The van der Waals surface area contributed by atoms with Crippen molar-refractivity contribution in [1.82, 2.24) is 10.6 Å². The molecule has 112 valence electrons. The Balaban J connectivity index is 2.49. The molecule has 0 unspecified atom stereocenters. The minimum atomic E-state index is -2.88. The summed E-state index contributed by atoms with van der Waals surface area (Å²) >= 11 is 5.82. The molecule has 0 atom stereocenters. The smallest absolute Gasteiger partial charge is 0.387 e. The second-order valence-corrected chi connectivity index (χ2v) is 4.45. The molecule has 0 saturated heterocycles. The van der Waals surface area contributed by atoms with Crippen LogP contribution in [0.4, 0.5) is 8.78 Å². The maximum Gasteiger partial charge on any atom is 0.387 e. The van der Waals surface area contributed by atoms with Crippen LogP contribution in [0.25, 0.3) is 0 Å². The van der Waals surface area contributed by atoms with Crippen LogP contribution >= 0.6 is 11.6 Å². The van der Waals surface area contributed by atoms with Gasteiger partial charge in [0.1, 0.15) is 5.75 Å². The zero-order valence-electron chi connectivity index (χ0n) is 11.1. The molecule has 1 amide bonds. The monoisotopic (exact) mass is 306 g/mol. The quantitative estimate of drug-likeness (QED) is 0.726. The Bertz CT molecular complexity index is 444. The third kappa shape index (κ3) is 6.16. The average molecular weight is 307 g/mol. The third-order valence-electron chi connectivity index (χ3n) is 2.46. The Kier molecular flexibility index (Phi) is 7.25. The third-order valence-corrected chi connectivity index (χ3v) is 2.69. The van der Waals surface area contributed by atoms with Crippen molar-refractivity contribution in [2.45, 2.75) is 26.5 Å². The van der Waals surface area contributed by atoms with Crippen LogP contribution in [0.5, 0.6) is 5.75 Å². The molecule has 0 aliphatic rings. The lowest BCUT2D eigenvalue weighted by Crippen LogP contribution is -2.27. The molecule has 0 spiro atoms. The summed E-state index contributed by atoms with van der Waals surface area (Å²) in [6.07, 6.45) is 0.319. The summed E-state index contributed by atoms with van der Waals surface area (Å²) in [6, 6.07) is 4.44. The number of alkyl halides is 2. The van der Waals surface area contributed by atoms with Gasteiger partial charge in [-0.05, 0) is 25.1 Å². The normalized spacial score (nSPS) is 10.7. The van der Waals surface area contributed by atoms with Crippen molar-refractivity contribution < 1.29 is 18.3 Å². The van der Waals surface area contributed by atoms with E-state index < -0.39 is 6.61 Å². The lowest BCUT2D eigenvalue weighted by atomic mass is 10.2. The number of carbonyl (C=O) groups excluding carboxylic acids is 1. The van der Waals surface area contributed by atoms with E-state index >= 15 is 0 Å². The second kappa shape index (κ2) is 8.71. The molecule has 7 heteroatoms. The molecule has 1 rings (SSSR count). The standard InChI is InChI=1S/C13H17ClF2N2O2/c1-2-18-12(19)5-6-17-8-9-7-10(14)3-4-11(9)20-13(15)16/h3-4,7,13,17H,2,5-6,8H2,1H3,(H,18,19). The van der Waals surface area contributed by atoms with Crippen LogP contribution in [-0.2, 0) is 11.3 Å². The number of ether oxygens (including phenoxy) is 1. The molecule has 0 bridgehead atoms. The van der Waals surface area contributed by atoms with Crippen LogP contribution in [0, 0.1) is 0 Å². The predicted octanol–water partition coefficient (Wildman–Crippen LogP) is 2.56. The Morgan fingerprint density at radius 2 is 2.20 bits per heavy atom. The average Bonchev–Trinajstić information content (AvgIpc) is 2.37. The summed E-state index contributed by atoms with van der Waals surface area (Å²) in [5.74, 6) is 0.0186. The topological polar surface area (TPSA) is 50.4 Å². The van der Waals surface area contributed by atoms with E-state index in [4.69, 9.17) is 11.6 Å².